The predicted molar refractivity (Wildman–Crippen MR) is 113 cm³/mol. The van der Waals surface area contributed by atoms with Crippen LogP contribution in [-0.2, 0) is 0 Å². The van der Waals surface area contributed by atoms with Crippen LogP contribution in [0.15, 0.2) is 64.1 Å². The van der Waals surface area contributed by atoms with E-state index in [9.17, 15) is 5.11 Å². The summed E-state index contributed by atoms with van der Waals surface area (Å²) >= 11 is 4.84. The Kier molecular flexibility index (Phi) is 4.72. The van der Waals surface area contributed by atoms with Crippen LogP contribution >= 0.6 is 27.3 Å². The molecule has 0 radical (unpaired) electrons. The Bertz CT molecular complexity index is 1030. The number of aliphatic hydroxyl groups is 1. The second kappa shape index (κ2) is 7.17. The van der Waals surface area contributed by atoms with E-state index in [4.69, 9.17) is 10.1 Å². The summed E-state index contributed by atoms with van der Waals surface area (Å²) in [6, 6.07) is 15.3. The van der Waals surface area contributed by atoms with Crippen molar-refractivity contribution in [3.05, 3.63) is 69.2 Å². The number of aromatic nitrogens is 1. The van der Waals surface area contributed by atoms with Crippen LogP contribution in [0.25, 0.3) is 16.8 Å². The highest BCUT2D eigenvalue weighted by Crippen LogP contribution is 2.34. The zero-order valence-corrected chi connectivity index (χ0v) is 16.8. The molecule has 136 valence electrons. The molecule has 2 heterocycles. The van der Waals surface area contributed by atoms with Crippen LogP contribution in [0.3, 0.4) is 0 Å². The Morgan fingerprint density at radius 3 is 2.52 bits per heavy atom. The van der Waals surface area contributed by atoms with E-state index in [0.717, 1.165) is 27.2 Å². The second-order valence-electron chi connectivity index (χ2n) is 6.00. The zero-order valence-electron chi connectivity index (χ0n) is 14.4. The highest BCUT2D eigenvalue weighted by Gasteiger charge is 2.31. The Labute approximate surface area is 169 Å². The molecule has 0 atom stereocenters. The number of hydrogen-bond acceptors (Lipinski definition) is 5. The topological polar surface area (TPSA) is 69.4 Å². The number of nitrogens with one attached hydrogen (secondary N) is 1. The van der Waals surface area contributed by atoms with Crippen molar-refractivity contribution in [2.45, 2.75) is 0 Å². The van der Waals surface area contributed by atoms with Gasteiger partial charge in [0.15, 0.2) is 0 Å². The molecule has 3 aromatic rings. The molecule has 7 heteroatoms. The van der Waals surface area contributed by atoms with Crippen LogP contribution in [-0.4, -0.2) is 29.6 Å². The quantitative estimate of drug-likeness (QED) is 0.572. The van der Waals surface area contributed by atoms with Crippen molar-refractivity contribution in [1.82, 2.24) is 4.98 Å². The van der Waals surface area contributed by atoms with Gasteiger partial charge in [-0.3, -0.25) is 5.41 Å². The van der Waals surface area contributed by atoms with Gasteiger partial charge in [-0.2, -0.15) is 0 Å². The van der Waals surface area contributed by atoms with Gasteiger partial charge in [-0.1, -0.05) is 15.9 Å². The van der Waals surface area contributed by atoms with Gasteiger partial charge in [-0.25, -0.2) is 4.98 Å². The van der Waals surface area contributed by atoms with Gasteiger partial charge in [-0.15, -0.1) is 11.3 Å². The molecule has 0 fully saturated rings. The molecule has 0 saturated heterocycles. The van der Waals surface area contributed by atoms with Crippen molar-refractivity contribution in [3.8, 4) is 17.0 Å². The summed E-state index contributed by atoms with van der Waals surface area (Å²) in [7, 11) is 1.63. The number of nitrogens with zero attached hydrogens (tertiary/aromatic N) is 2. The summed E-state index contributed by atoms with van der Waals surface area (Å²) in [6.07, 6.45) is 0. The van der Waals surface area contributed by atoms with Crippen LogP contribution < -0.4 is 9.64 Å². The van der Waals surface area contributed by atoms with Gasteiger partial charge in [0, 0.05) is 21.1 Å². The van der Waals surface area contributed by atoms with E-state index in [-0.39, 0.29) is 18.1 Å². The van der Waals surface area contributed by atoms with Crippen LogP contribution in [0, 0.1) is 5.41 Å². The van der Waals surface area contributed by atoms with E-state index < -0.39 is 0 Å². The maximum Gasteiger partial charge on any atom is 0.139 e. The molecular weight excluding hydrogens is 426 g/mol. The van der Waals surface area contributed by atoms with Crippen molar-refractivity contribution in [2.75, 3.05) is 18.6 Å². The van der Waals surface area contributed by atoms with Crippen LogP contribution in [0.5, 0.6) is 5.75 Å². The highest BCUT2D eigenvalue weighted by molar-refractivity contribution is 9.10. The van der Waals surface area contributed by atoms with Crippen molar-refractivity contribution in [1.29, 1.82) is 5.41 Å². The van der Waals surface area contributed by atoms with Gasteiger partial charge in [0.05, 0.1) is 24.9 Å². The molecule has 2 N–H and O–H groups in total. The van der Waals surface area contributed by atoms with Crippen LogP contribution in [0.2, 0.25) is 0 Å². The molecule has 0 aliphatic carbocycles. The standard InChI is InChI=1S/C20H16BrN3O2S/c1-26-15-8-2-12(3-9-15)16-11-27-20(23-16)18-17(25)10-24(19(18)22)14-6-4-13(21)5-7-14/h2-9,11,22,25H,10H2,1H3. The van der Waals surface area contributed by atoms with Crippen molar-refractivity contribution < 1.29 is 9.84 Å². The monoisotopic (exact) mass is 441 g/mol. The smallest absolute Gasteiger partial charge is 0.139 e. The van der Waals surface area contributed by atoms with Crippen LogP contribution in [0.1, 0.15) is 5.01 Å². The largest absolute Gasteiger partial charge is 0.510 e. The molecule has 1 aliphatic heterocycles. The third kappa shape index (κ3) is 3.36. The first-order valence-corrected chi connectivity index (χ1v) is 9.88. The van der Waals surface area contributed by atoms with Crippen molar-refractivity contribution in [2.24, 2.45) is 0 Å². The molecule has 27 heavy (non-hydrogen) atoms. The van der Waals surface area contributed by atoms with E-state index in [1.54, 1.807) is 12.0 Å². The molecule has 5 nitrogen and oxygen atoms in total. The lowest BCUT2D eigenvalue weighted by Gasteiger charge is -2.18. The molecule has 0 spiro atoms. The molecule has 4 rings (SSSR count). The van der Waals surface area contributed by atoms with Gasteiger partial charge in [0.2, 0.25) is 0 Å². The number of halogens is 1. The Morgan fingerprint density at radius 2 is 1.85 bits per heavy atom. The number of amidine groups is 1. The fourth-order valence-electron chi connectivity index (χ4n) is 2.93. The average Bonchev–Trinajstić information content (AvgIpc) is 3.27. The Morgan fingerprint density at radius 1 is 1.15 bits per heavy atom. The molecule has 0 amide bonds. The van der Waals surface area contributed by atoms with E-state index >= 15 is 0 Å². The third-order valence-corrected chi connectivity index (χ3v) is 5.73. The zero-order chi connectivity index (χ0) is 19.0. The van der Waals surface area contributed by atoms with E-state index in [1.165, 1.54) is 11.3 Å². The van der Waals surface area contributed by atoms with E-state index in [0.29, 0.717) is 10.6 Å². The molecule has 0 bridgehead atoms. The number of hydrogen-bond donors (Lipinski definition) is 2. The number of rotatable bonds is 4. The van der Waals surface area contributed by atoms with Gasteiger partial charge in [0.25, 0.3) is 0 Å². The fraction of sp³-hybridized carbons (Fsp3) is 0.100. The summed E-state index contributed by atoms with van der Waals surface area (Å²) in [4.78, 5) is 6.42. The predicted octanol–water partition coefficient (Wildman–Crippen LogP) is 5.35. The van der Waals surface area contributed by atoms with Gasteiger partial charge in [-0.05, 0) is 48.5 Å². The lowest BCUT2D eigenvalue weighted by molar-refractivity contribution is 0.411. The van der Waals surface area contributed by atoms with Gasteiger partial charge in [0.1, 0.15) is 22.4 Å². The van der Waals surface area contributed by atoms with E-state index in [1.807, 2.05) is 53.9 Å². The normalized spacial score (nSPS) is 14.1. The van der Waals surface area contributed by atoms with Crippen LogP contribution in [0.4, 0.5) is 5.69 Å². The summed E-state index contributed by atoms with van der Waals surface area (Å²) in [6.45, 7) is 0.271. The lowest BCUT2D eigenvalue weighted by atomic mass is 10.1. The maximum atomic E-state index is 10.5. The minimum atomic E-state index is 0.165. The molecule has 0 saturated carbocycles. The Hall–Kier alpha value is -2.64. The first-order chi connectivity index (χ1) is 13.1. The lowest BCUT2D eigenvalue weighted by Crippen LogP contribution is -2.25. The summed E-state index contributed by atoms with van der Waals surface area (Å²) in [5, 5.41) is 21.6. The fourth-order valence-corrected chi connectivity index (χ4v) is 4.09. The van der Waals surface area contributed by atoms with E-state index in [2.05, 4.69) is 20.9 Å². The van der Waals surface area contributed by atoms with Gasteiger partial charge >= 0.3 is 0 Å². The van der Waals surface area contributed by atoms with Crippen molar-refractivity contribution >= 4 is 44.4 Å². The highest BCUT2D eigenvalue weighted by atomic mass is 79.9. The average molecular weight is 442 g/mol. The van der Waals surface area contributed by atoms with Crippen molar-refractivity contribution in [3.63, 3.8) is 0 Å². The maximum absolute atomic E-state index is 10.5. The molecule has 1 aliphatic rings. The summed E-state index contributed by atoms with van der Waals surface area (Å²) in [5.74, 6) is 1.21. The SMILES string of the molecule is COc1ccc(-c2csc(C3=C(O)CN(c4ccc(Br)cc4)C3=N)n2)cc1. The molecule has 2 aromatic carbocycles. The first kappa shape index (κ1) is 17.8. The second-order valence-corrected chi connectivity index (χ2v) is 7.77. The first-order valence-electron chi connectivity index (χ1n) is 8.21. The number of benzene rings is 2. The minimum absolute atomic E-state index is 0.165. The third-order valence-electron chi connectivity index (χ3n) is 4.35. The number of anilines is 1. The molecule has 0 unspecified atom stereocenters. The number of aliphatic hydroxyl groups excluding tert-OH is 1. The summed E-state index contributed by atoms with van der Waals surface area (Å²) < 4.78 is 6.16. The number of ether oxygens (including phenoxy) is 1. The molecular formula is C20H16BrN3O2S. The number of methoxy groups -OCH3 is 1. The Balaban J connectivity index is 1.61. The minimum Gasteiger partial charge on any atom is -0.510 e. The number of thiazole rings is 1. The summed E-state index contributed by atoms with van der Waals surface area (Å²) in [5.41, 5.74) is 3.12. The molecule has 1 aromatic heterocycles. The van der Waals surface area contributed by atoms with Gasteiger partial charge < -0.3 is 14.7 Å².